The topological polar surface area (TPSA) is 98.1 Å². The van der Waals surface area contributed by atoms with Crippen molar-refractivity contribution in [2.24, 2.45) is 5.16 Å². The molecule has 0 bridgehead atoms. The van der Waals surface area contributed by atoms with Gasteiger partial charge in [0.2, 0.25) is 0 Å². The Balaban J connectivity index is 2.50. The van der Waals surface area contributed by atoms with Crippen LogP contribution in [0.25, 0.3) is 11.3 Å². The van der Waals surface area contributed by atoms with Gasteiger partial charge in [-0.25, -0.2) is 0 Å². The van der Waals surface area contributed by atoms with Crippen molar-refractivity contribution >= 4 is 11.9 Å². The van der Waals surface area contributed by atoms with Gasteiger partial charge in [-0.1, -0.05) is 5.16 Å². The summed E-state index contributed by atoms with van der Waals surface area (Å²) in [7, 11) is 1.43. The molecule has 0 amide bonds. The van der Waals surface area contributed by atoms with E-state index >= 15 is 0 Å². The van der Waals surface area contributed by atoms with Gasteiger partial charge >= 0.3 is 0 Å². The maximum absolute atomic E-state index is 11.0. The lowest BCUT2D eigenvalue weighted by atomic mass is 10.1. The van der Waals surface area contributed by atoms with Gasteiger partial charge in [-0.3, -0.25) is 10.1 Å². The number of benzene rings is 1. The summed E-state index contributed by atoms with van der Waals surface area (Å²) in [5.41, 5.74) is 0.199. The van der Waals surface area contributed by atoms with Crippen LogP contribution in [-0.2, 0) is 0 Å². The largest absolute Gasteiger partial charge is 0.497 e. The molecule has 0 radical (unpaired) electrons. The number of furan rings is 1. The average Bonchev–Trinajstić information content (AvgIpc) is 2.87. The fourth-order valence-corrected chi connectivity index (χ4v) is 1.62. The van der Waals surface area contributed by atoms with Crippen LogP contribution in [0, 0.1) is 10.1 Å². The Labute approximate surface area is 107 Å². The summed E-state index contributed by atoms with van der Waals surface area (Å²) in [6, 6.07) is 7.56. The molecule has 2 aromatic rings. The van der Waals surface area contributed by atoms with Crippen molar-refractivity contribution in [3.8, 4) is 17.1 Å². The number of nitrogens with zero attached hydrogens (tertiary/aromatic N) is 2. The number of nitro benzene ring substituents is 1. The lowest BCUT2D eigenvalue weighted by Crippen LogP contribution is -1.93. The molecular formula is C12H10N2O5. The number of methoxy groups -OCH3 is 1. The van der Waals surface area contributed by atoms with E-state index in [0.717, 1.165) is 6.21 Å². The molecule has 1 N–H and O–H groups in total. The van der Waals surface area contributed by atoms with Gasteiger partial charge in [0.25, 0.3) is 5.69 Å². The molecule has 0 aliphatic heterocycles. The molecule has 98 valence electrons. The summed E-state index contributed by atoms with van der Waals surface area (Å²) < 4.78 is 10.3. The van der Waals surface area contributed by atoms with Gasteiger partial charge in [0.05, 0.1) is 23.7 Å². The van der Waals surface area contributed by atoms with Crippen LogP contribution in [0.5, 0.6) is 5.75 Å². The van der Waals surface area contributed by atoms with Gasteiger partial charge in [0.1, 0.15) is 23.5 Å². The van der Waals surface area contributed by atoms with Crippen molar-refractivity contribution in [2.45, 2.75) is 0 Å². The summed E-state index contributed by atoms with van der Waals surface area (Å²) in [4.78, 5) is 10.5. The first-order chi connectivity index (χ1) is 9.15. The highest BCUT2D eigenvalue weighted by Crippen LogP contribution is 2.33. The quantitative estimate of drug-likeness (QED) is 0.395. The first-order valence-electron chi connectivity index (χ1n) is 5.25. The summed E-state index contributed by atoms with van der Waals surface area (Å²) in [5, 5.41) is 22.3. The molecule has 0 unspecified atom stereocenters. The summed E-state index contributed by atoms with van der Waals surface area (Å²) in [6.07, 6.45) is 1.10. The number of hydrogen-bond donors (Lipinski definition) is 1. The van der Waals surface area contributed by atoms with Crippen LogP contribution in [-0.4, -0.2) is 23.5 Å². The number of nitro groups is 1. The van der Waals surface area contributed by atoms with Gasteiger partial charge < -0.3 is 14.4 Å². The second kappa shape index (κ2) is 5.21. The molecule has 7 heteroatoms. The summed E-state index contributed by atoms with van der Waals surface area (Å²) in [5.74, 6) is 0.992. The van der Waals surface area contributed by atoms with E-state index in [1.165, 1.54) is 19.2 Å². The highest BCUT2D eigenvalue weighted by atomic mass is 16.6. The van der Waals surface area contributed by atoms with E-state index in [1.54, 1.807) is 18.2 Å². The van der Waals surface area contributed by atoms with Crippen LogP contribution < -0.4 is 4.74 Å². The van der Waals surface area contributed by atoms with E-state index in [9.17, 15) is 10.1 Å². The first kappa shape index (κ1) is 12.6. The van der Waals surface area contributed by atoms with E-state index in [-0.39, 0.29) is 5.69 Å². The Kier molecular flexibility index (Phi) is 3.46. The average molecular weight is 262 g/mol. The molecule has 0 saturated carbocycles. The van der Waals surface area contributed by atoms with Crippen molar-refractivity contribution in [1.82, 2.24) is 0 Å². The normalized spacial score (nSPS) is 10.8. The molecule has 19 heavy (non-hydrogen) atoms. The molecule has 1 aromatic carbocycles. The molecule has 2 rings (SSSR count). The predicted molar refractivity (Wildman–Crippen MR) is 66.7 cm³/mol. The highest BCUT2D eigenvalue weighted by Gasteiger charge is 2.19. The zero-order chi connectivity index (χ0) is 13.8. The van der Waals surface area contributed by atoms with E-state index < -0.39 is 4.92 Å². The van der Waals surface area contributed by atoms with Crippen LogP contribution in [0.15, 0.2) is 39.9 Å². The summed E-state index contributed by atoms with van der Waals surface area (Å²) in [6.45, 7) is 0. The number of rotatable bonds is 4. The number of hydrogen-bond acceptors (Lipinski definition) is 6. The molecule has 1 heterocycles. The van der Waals surface area contributed by atoms with Crippen LogP contribution in [0.1, 0.15) is 5.76 Å². The third-order valence-electron chi connectivity index (χ3n) is 2.48. The zero-order valence-corrected chi connectivity index (χ0v) is 9.94. The molecule has 1 aromatic heterocycles. The smallest absolute Gasteiger partial charge is 0.284 e. The molecule has 0 aliphatic carbocycles. The third kappa shape index (κ3) is 2.54. The van der Waals surface area contributed by atoms with Gasteiger partial charge in [-0.15, -0.1) is 0 Å². The minimum absolute atomic E-state index is 0.124. The molecule has 0 saturated heterocycles. The predicted octanol–water partition coefficient (Wildman–Crippen LogP) is 2.67. The SMILES string of the molecule is COc1ccc(-c2ccc(/C=N/O)o2)c([N+](=O)[O-])c1. The molecular weight excluding hydrogens is 252 g/mol. The monoisotopic (exact) mass is 262 g/mol. The number of oxime groups is 1. The molecule has 0 fully saturated rings. The maximum Gasteiger partial charge on any atom is 0.284 e. The van der Waals surface area contributed by atoms with Crippen molar-refractivity contribution < 1.29 is 19.3 Å². The fourth-order valence-electron chi connectivity index (χ4n) is 1.62. The zero-order valence-electron chi connectivity index (χ0n) is 9.94. The second-order valence-electron chi connectivity index (χ2n) is 3.59. The second-order valence-corrected chi connectivity index (χ2v) is 3.59. The molecule has 0 atom stereocenters. The molecule has 0 aliphatic rings. The van der Waals surface area contributed by atoms with Gasteiger partial charge in [0.15, 0.2) is 0 Å². The van der Waals surface area contributed by atoms with Crippen molar-refractivity contribution in [1.29, 1.82) is 0 Å². The van der Waals surface area contributed by atoms with Crippen LogP contribution in [0.2, 0.25) is 0 Å². The molecule has 7 nitrogen and oxygen atoms in total. The Morgan fingerprint density at radius 3 is 2.84 bits per heavy atom. The van der Waals surface area contributed by atoms with E-state index in [2.05, 4.69) is 5.16 Å². The third-order valence-corrected chi connectivity index (χ3v) is 2.48. The lowest BCUT2D eigenvalue weighted by Gasteiger charge is -2.03. The van der Waals surface area contributed by atoms with Crippen molar-refractivity contribution in [3.63, 3.8) is 0 Å². The Morgan fingerprint density at radius 2 is 2.21 bits per heavy atom. The Hall–Kier alpha value is -2.83. The van der Waals surface area contributed by atoms with Crippen LogP contribution in [0.4, 0.5) is 5.69 Å². The van der Waals surface area contributed by atoms with Crippen molar-refractivity contribution in [3.05, 3.63) is 46.2 Å². The van der Waals surface area contributed by atoms with Gasteiger partial charge in [-0.2, -0.15) is 0 Å². The minimum atomic E-state index is -0.514. The molecule has 0 spiro atoms. The minimum Gasteiger partial charge on any atom is -0.497 e. The fraction of sp³-hybridized carbons (Fsp3) is 0.0833. The summed E-state index contributed by atoms with van der Waals surface area (Å²) >= 11 is 0. The van der Waals surface area contributed by atoms with E-state index in [4.69, 9.17) is 14.4 Å². The lowest BCUT2D eigenvalue weighted by molar-refractivity contribution is -0.384. The van der Waals surface area contributed by atoms with Crippen LogP contribution in [0.3, 0.4) is 0 Å². The van der Waals surface area contributed by atoms with E-state index in [0.29, 0.717) is 22.8 Å². The maximum atomic E-state index is 11.0. The van der Waals surface area contributed by atoms with Gasteiger partial charge in [0, 0.05) is 0 Å². The Morgan fingerprint density at radius 1 is 1.42 bits per heavy atom. The number of ether oxygens (including phenoxy) is 1. The van der Waals surface area contributed by atoms with Crippen LogP contribution >= 0.6 is 0 Å². The standard InChI is InChI=1S/C12H10N2O5/c1-18-8-2-4-10(11(6-8)14(16)17)12-5-3-9(19-12)7-13-15/h2-7,15H,1H3/b13-7+. The Bertz CT molecular complexity index is 633. The van der Waals surface area contributed by atoms with Crippen molar-refractivity contribution in [2.75, 3.05) is 7.11 Å². The first-order valence-corrected chi connectivity index (χ1v) is 5.25. The highest BCUT2D eigenvalue weighted by molar-refractivity contribution is 5.78. The van der Waals surface area contributed by atoms with E-state index in [1.807, 2.05) is 0 Å². The van der Waals surface area contributed by atoms with Gasteiger partial charge in [-0.05, 0) is 24.3 Å².